The number of hydrogen-bond donors (Lipinski definition) is 0. The lowest BCUT2D eigenvalue weighted by molar-refractivity contribution is 0.0162. The number of ether oxygens (including phenoxy) is 2. The molecule has 322 valence electrons. The first kappa shape index (κ1) is 41.2. The van der Waals surface area contributed by atoms with E-state index in [-0.39, 0.29) is 44.5 Å². The summed E-state index contributed by atoms with van der Waals surface area (Å²) >= 11 is 2.49. The first-order valence-corrected chi connectivity index (χ1v) is 22.7. The highest BCUT2D eigenvalue weighted by molar-refractivity contribution is 7.16. The molecule has 2 aliphatic heterocycles. The van der Waals surface area contributed by atoms with E-state index in [4.69, 9.17) is 32.6 Å². The molecule has 0 unspecified atom stereocenters. The Balaban J connectivity index is 1.08. The van der Waals surface area contributed by atoms with Gasteiger partial charge < -0.3 is 9.47 Å². The fraction of sp³-hybridized carbons (Fsp3) is 0.240. The molecule has 0 radical (unpaired) electrons. The van der Waals surface area contributed by atoms with E-state index in [9.17, 15) is 37.7 Å². The van der Waals surface area contributed by atoms with Crippen molar-refractivity contribution in [2.75, 3.05) is 0 Å². The molecule has 0 amide bonds. The van der Waals surface area contributed by atoms with E-state index in [1.54, 1.807) is 12.1 Å². The van der Waals surface area contributed by atoms with Gasteiger partial charge in [-0.2, -0.15) is 0 Å². The average Bonchev–Trinajstić information content (AvgIpc) is 4.05. The lowest BCUT2D eigenvalue weighted by atomic mass is 9.71. The summed E-state index contributed by atoms with van der Waals surface area (Å²) in [7, 11) is 0. The fourth-order valence-electron chi connectivity index (χ4n) is 10.4. The number of halogens is 4. The Labute approximate surface area is 381 Å². The smallest absolute Gasteiger partial charge is 0.270 e. The molecule has 0 saturated heterocycles. The van der Waals surface area contributed by atoms with Crippen molar-refractivity contribution in [3.63, 3.8) is 0 Å². The lowest BCUT2D eigenvalue weighted by Crippen LogP contribution is -2.40. The van der Waals surface area contributed by atoms with Gasteiger partial charge in [-0.1, -0.05) is 12.8 Å². The number of thiazole rings is 2. The zero-order valence-corrected chi connectivity index (χ0v) is 36.0. The van der Waals surface area contributed by atoms with Gasteiger partial charge in [-0.15, -0.1) is 22.7 Å². The summed E-state index contributed by atoms with van der Waals surface area (Å²) in [4.78, 5) is 45.4. The van der Waals surface area contributed by atoms with E-state index in [0.29, 0.717) is 57.2 Å². The molecule has 11 rings (SSSR count). The molecule has 16 heteroatoms. The maximum atomic E-state index is 14.6. The molecule has 0 atom stereocenters. The van der Waals surface area contributed by atoms with Crippen molar-refractivity contribution in [3.8, 4) is 44.8 Å². The zero-order valence-electron chi connectivity index (χ0n) is 34.3. The molecule has 3 aromatic carbocycles. The largest absolute Gasteiger partial charge is 0.465 e. The quantitative estimate of drug-likeness (QED) is 0.0739. The summed E-state index contributed by atoms with van der Waals surface area (Å²) in [6, 6.07) is 11.1. The SMILES string of the molecule is [C-]#[N+]/C(C#N)=C1\C(=C\c2nc3c(s2)-c2cc4c(cc2C2(CCCCC2)O3)-c2sc(/C=C3\C(=O)c5cc(F)c(F)cc5\C3=C(\C#N)[N+]#[C-])nc2OC42CCCCC2)C(=O)c2cc(F)c(F)cc21. The van der Waals surface area contributed by atoms with Gasteiger partial charge in [0.25, 0.3) is 11.4 Å². The third-order valence-electron chi connectivity index (χ3n) is 13.4. The highest BCUT2D eigenvalue weighted by Crippen LogP contribution is 2.60. The molecule has 2 saturated carbocycles. The summed E-state index contributed by atoms with van der Waals surface area (Å²) in [6.45, 7) is 15.3. The molecular weight excluding hydrogens is 889 g/mol. The maximum absolute atomic E-state index is 14.6. The standard InChI is InChI=1S/C50H28F4N6O4S2/c1-57-37(21-55)41-23-15-33(51)35(53)17-25(23)43(61)29(41)19-39-59-47-45(65-39)27-13-32-28(14-31(27)49(63-47)9-5-3-6-10-49)46-48(64-50(32)11-7-4-8-12-50)60-40(66-46)20-30-42(38(22-56)58-2)24-16-34(52)36(54)18-26(24)44(30)62/h13-20H,3-12H2/b29-19-,30-20-,41-37-,42-38+. The number of nitriles is 2. The molecule has 10 nitrogen and oxygen atoms in total. The van der Waals surface area contributed by atoms with Crippen LogP contribution < -0.4 is 9.47 Å². The molecule has 2 spiro atoms. The third kappa shape index (κ3) is 5.99. The van der Waals surface area contributed by atoms with Crippen LogP contribution in [0.3, 0.4) is 0 Å². The molecule has 66 heavy (non-hydrogen) atoms. The Kier molecular flexibility index (Phi) is 9.39. The molecule has 2 fully saturated rings. The van der Waals surface area contributed by atoms with E-state index < -0.39 is 57.4 Å². The summed E-state index contributed by atoms with van der Waals surface area (Å²) < 4.78 is 71.9. The van der Waals surface area contributed by atoms with Crippen LogP contribution in [0.15, 0.2) is 58.9 Å². The minimum atomic E-state index is -1.24. The van der Waals surface area contributed by atoms with Gasteiger partial charge in [0.05, 0.1) is 35.0 Å². The van der Waals surface area contributed by atoms with Gasteiger partial charge in [0, 0.05) is 55.7 Å². The van der Waals surface area contributed by atoms with Crippen molar-refractivity contribution in [1.82, 2.24) is 9.97 Å². The van der Waals surface area contributed by atoms with Crippen LogP contribution in [0, 0.1) is 59.1 Å². The second-order valence-electron chi connectivity index (χ2n) is 16.9. The van der Waals surface area contributed by atoms with Gasteiger partial charge in [-0.25, -0.2) is 47.7 Å². The first-order valence-electron chi connectivity index (χ1n) is 21.1. The van der Waals surface area contributed by atoms with Gasteiger partial charge in [0.1, 0.15) is 21.2 Å². The number of hydrogen-bond acceptors (Lipinski definition) is 10. The monoisotopic (exact) mass is 916 g/mol. The van der Waals surface area contributed by atoms with Gasteiger partial charge in [-0.05, 0) is 111 Å². The van der Waals surface area contributed by atoms with E-state index in [0.717, 1.165) is 85.0 Å². The minimum absolute atomic E-state index is 0.0501. The normalized spacial score (nSPS) is 20.7. The predicted octanol–water partition coefficient (Wildman–Crippen LogP) is 12.5. The highest BCUT2D eigenvalue weighted by atomic mass is 32.1. The number of benzene rings is 3. The number of fused-ring (bicyclic) bond motifs is 10. The molecule has 6 aliphatic rings. The number of carbonyl (C=O) groups is 2. The number of allylic oxidation sites excluding steroid dienone is 6. The van der Waals surface area contributed by atoms with Crippen LogP contribution in [-0.2, 0) is 11.2 Å². The van der Waals surface area contributed by atoms with Gasteiger partial charge >= 0.3 is 0 Å². The first-order chi connectivity index (χ1) is 31.9. The number of nitrogens with zero attached hydrogens (tertiary/aromatic N) is 6. The lowest BCUT2D eigenvalue weighted by Gasteiger charge is -2.45. The van der Waals surface area contributed by atoms with Crippen LogP contribution in [0.4, 0.5) is 17.6 Å². The summed E-state index contributed by atoms with van der Waals surface area (Å²) in [5.41, 5.74) is 0.286. The summed E-state index contributed by atoms with van der Waals surface area (Å²) in [5.74, 6) is -5.57. The maximum Gasteiger partial charge on any atom is 0.270 e. The van der Waals surface area contributed by atoms with Crippen molar-refractivity contribution in [2.45, 2.75) is 75.4 Å². The number of rotatable bonds is 2. The Morgan fingerprint density at radius 2 is 0.955 bits per heavy atom. The highest BCUT2D eigenvalue weighted by Gasteiger charge is 2.49. The van der Waals surface area contributed by atoms with E-state index in [2.05, 4.69) is 21.8 Å². The van der Waals surface area contributed by atoms with E-state index in [1.165, 1.54) is 34.8 Å². The Morgan fingerprint density at radius 3 is 1.30 bits per heavy atom. The van der Waals surface area contributed by atoms with Crippen molar-refractivity contribution in [1.29, 1.82) is 10.5 Å². The van der Waals surface area contributed by atoms with E-state index >= 15 is 0 Å². The Bertz CT molecular complexity index is 3170. The number of aromatic nitrogens is 2. The second kappa shape index (κ2) is 15.0. The summed E-state index contributed by atoms with van der Waals surface area (Å²) in [6.07, 6.45) is 11.1. The molecule has 4 aliphatic carbocycles. The predicted molar refractivity (Wildman–Crippen MR) is 235 cm³/mol. The number of Topliss-reactive ketones (excluding diaryl/α,β-unsaturated/α-hetero) is 2. The fourth-order valence-corrected chi connectivity index (χ4v) is 12.4. The molecule has 0 N–H and O–H groups in total. The third-order valence-corrected chi connectivity index (χ3v) is 15.4. The van der Waals surface area contributed by atoms with Crippen LogP contribution in [0.25, 0.3) is 53.9 Å². The molecule has 0 bridgehead atoms. The molecular formula is C50H28F4N6O4S2. The van der Waals surface area contributed by atoms with E-state index in [1.807, 2.05) is 0 Å². The minimum Gasteiger partial charge on any atom is -0.465 e. The van der Waals surface area contributed by atoms with Crippen LogP contribution in [-0.4, -0.2) is 21.5 Å². The molecule has 2 aromatic heterocycles. The number of ketones is 2. The van der Waals surface area contributed by atoms with Crippen LogP contribution in [0.2, 0.25) is 0 Å². The van der Waals surface area contributed by atoms with Gasteiger partial charge in [0.2, 0.25) is 11.8 Å². The van der Waals surface area contributed by atoms with Crippen LogP contribution >= 0.6 is 22.7 Å². The van der Waals surface area contributed by atoms with Gasteiger partial charge in [-0.3, -0.25) is 9.59 Å². The van der Waals surface area contributed by atoms with Crippen molar-refractivity contribution < 1.29 is 36.6 Å². The zero-order chi connectivity index (χ0) is 45.8. The topological polar surface area (TPSA) is 135 Å². The average molecular weight is 917 g/mol. The van der Waals surface area contributed by atoms with Crippen molar-refractivity contribution in [3.05, 3.63) is 148 Å². The van der Waals surface area contributed by atoms with Crippen molar-refractivity contribution in [2.24, 2.45) is 0 Å². The second-order valence-corrected chi connectivity index (χ2v) is 19.0. The van der Waals surface area contributed by atoms with Gasteiger partial charge in [0.15, 0.2) is 34.8 Å². The van der Waals surface area contributed by atoms with Crippen LogP contribution in [0.1, 0.15) is 117 Å². The number of carbonyl (C=O) groups excluding carboxylic acids is 2. The Morgan fingerprint density at radius 1 is 0.591 bits per heavy atom. The Hall–Kier alpha value is -7.50. The summed E-state index contributed by atoms with van der Waals surface area (Å²) in [5, 5.41) is 20.4. The van der Waals surface area contributed by atoms with Crippen molar-refractivity contribution >= 4 is 57.5 Å². The molecule has 5 aromatic rings. The van der Waals surface area contributed by atoms with Crippen LogP contribution in [0.5, 0.6) is 11.8 Å². The molecule has 4 heterocycles.